The van der Waals surface area contributed by atoms with E-state index >= 15 is 0 Å². The predicted molar refractivity (Wildman–Crippen MR) is 70.5 cm³/mol. The molecule has 0 aliphatic rings. The van der Waals surface area contributed by atoms with Crippen LogP contribution < -0.4 is 4.74 Å². The van der Waals surface area contributed by atoms with Crippen LogP contribution in [0.25, 0.3) is 0 Å². The van der Waals surface area contributed by atoms with Gasteiger partial charge in [-0.05, 0) is 30.4 Å². The molecule has 90 valence electrons. The van der Waals surface area contributed by atoms with Crippen molar-refractivity contribution >= 4 is 11.3 Å². The topological polar surface area (TPSA) is 29.5 Å². The largest absolute Gasteiger partial charge is 0.493 e. The van der Waals surface area contributed by atoms with E-state index in [0.29, 0.717) is 6.61 Å². The van der Waals surface area contributed by atoms with Gasteiger partial charge in [-0.25, -0.2) is 0 Å². The number of hydrogen-bond donors (Lipinski definition) is 1. The van der Waals surface area contributed by atoms with E-state index in [9.17, 15) is 0 Å². The zero-order valence-corrected chi connectivity index (χ0v) is 10.5. The Labute approximate surface area is 105 Å². The van der Waals surface area contributed by atoms with Crippen molar-refractivity contribution in [3.8, 4) is 5.75 Å². The molecule has 0 unspecified atom stereocenters. The minimum Gasteiger partial charge on any atom is -0.493 e. The summed E-state index contributed by atoms with van der Waals surface area (Å²) in [6, 6.07) is 11.8. The van der Waals surface area contributed by atoms with Gasteiger partial charge in [-0.2, -0.15) is 0 Å². The average molecular weight is 248 g/mol. The highest BCUT2D eigenvalue weighted by molar-refractivity contribution is 7.09. The molecule has 1 aromatic carbocycles. The molecule has 1 N–H and O–H groups in total. The number of aliphatic hydroxyl groups excluding tert-OH is 1. The standard InChI is InChI=1S/C14H16O2S/c15-11-12-5-1-2-8-14(12)16-9-3-6-13-7-4-10-17-13/h1-2,4-5,7-8,10,15H,3,6,9,11H2. The van der Waals surface area contributed by atoms with E-state index in [-0.39, 0.29) is 6.61 Å². The van der Waals surface area contributed by atoms with Gasteiger partial charge in [0.1, 0.15) is 5.75 Å². The number of para-hydroxylation sites is 1. The molecule has 17 heavy (non-hydrogen) atoms. The first-order valence-corrected chi connectivity index (χ1v) is 6.62. The summed E-state index contributed by atoms with van der Waals surface area (Å²) in [7, 11) is 0. The average Bonchev–Trinajstić information content (AvgIpc) is 2.88. The summed E-state index contributed by atoms with van der Waals surface area (Å²) in [5.41, 5.74) is 0.851. The maximum absolute atomic E-state index is 9.15. The van der Waals surface area contributed by atoms with Gasteiger partial charge in [-0.15, -0.1) is 11.3 Å². The molecule has 0 bridgehead atoms. The van der Waals surface area contributed by atoms with Gasteiger partial charge in [0, 0.05) is 10.4 Å². The number of benzene rings is 1. The third-order valence-corrected chi connectivity index (χ3v) is 3.48. The zero-order chi connectivity index (χ0) is 11.9. The molecule has 3 heteroatoms. The van der Waals surface area contributed by atoms with Crippen LogP contribution in [-0.2, 0) is 13.0 Å². The van der Waals surface area contributed by atoms with Crippen LogP contribution in [0.2, 0.25) is 0 Å². The smallest absolute Gasteiger partial charge is 0.124 e. The summed E-state index contributed by atoms with van der Waals surface area (Å²) in [6.45, 7) is 0.718. The van der Waals surface area contributed by atoms with Crippen LogP contribution >= 0.6 is 11.3 Å². The van der Waals surface area contributed by atoms with Crippen molar-refractivity contribution in [2.75, 3.05) is 6.61 Å². The summed E-state index contributed by atoms with van der Waals surface area (Å²) < 4.78 is 5.67. The maximum atomic E-state index is 9.15. The lowest BCUT2D eigenvalue weighted by atomic mass is 10.2. The quantitative estimate of drug-likeness (QED) is 0.795. The van der Waals surface area contributed by atoms with Crippen molar-refractivity contribution in [3.63, 3.8) is 0 Å². The van der Waals surface area contributed by atoms with Crippen LogP contribution in [0.3, 0.4) is 0 Å². The second-order valence-electron chi connectivity index (χ2n) is 3.80. The molecule has 2 aromatic rings. The predicted octanol–water partition coefficient (Wildman–Crippen LogP) is 3.25. The molecule has 0 aliphatic carbocycles. The van der Waals surface area contributed by atoms with E-state index in [4.69, 9.17) is 9.84 Å². The molecular weight excluding hydrogens is 232 g/mol. The number of ether oxygens (including phenoxy) is 1. The number of aryl methyl sites for hydroxylation is 1. The van der Waals surface area contributed by atoms with Gasteiger partial charge in [-0.3, -0.25) is 0 Å². The van der Waals surface area contributed by atoms with Crippen LogP contribution in [0, 0.1) is 0 Å². The van der Waals surface area contributed by atoms with E-state index in [1.807, 2.05) is 24.3 Å². The van der Waals surface area contributed by atoms with E-state index in [0.717, 1.165) is 24.2 Å². The molecule has 2 nitrogen and oxygen atoms in total. The van der Waals surface area contributed by atoms with Crippen molar-refractivity contribution in [1.82, 2.24) is 0 Å². The van der Waals surface area contributed by atoms with E-state index in [1.165, 1.54) is 4.88 Å². The van der Waals surface area contributed by atoms with Gasteiger partial charge >= 0.3 is 0 Å². The summed E-state index contributed by atoms with van der Waals surface area (Å²) >= 11 is 1.78. The van der Waals surface area contributed by atoms with Gasteiger partial charge in [0.05, 0.1) is 13.2 Å². The first-order chi connectivity index (χ1) is 8.40. The lowest BCUT2D eigenvalue weighted by molar-refractivity contribution is 0.261. The van der Waals surface area contributed by atoms with Crippen molar-refractivity contribution in [3.05, 3.63) is 52.2 Å². The molecule has 1 aromatic heterocycles. The highest BCUT2D eigenvalue weighted by Gasteiger charge is 2.01. The number of rotatable bonds is 6. The third-order valence-electron chi connectivity index (χ3n) is 2.55. The monoisotopic (exact) mass is 248 g/mol. The Bertz CT molecular complexity index is 437. The molecule has 0 aliphatic heterocycles. The number of hydrogen-bond acceptors (Lipinski definition) is 3. The fourth-order valence-electron chi connectivity index (χ4n) is 1.66. The lowest BCUT2D eigenvalue weighted by Gasteiger charge is -2.09. The normalized spacial score (nSPS) is 10.4. The van der Waals surface area contributed by atoms with Crippen molar-refractivity contribution in [2.45, 2.75) is 19.4 Å². The summed E-state index contributed by atoms with van der Waals surface area (Å²) in [4.78, 5) is 1.39. The summed E-state index contributed by atoms with van der Waals surface area (Å²) in [5.74, 6) is 0.793. The molecule has 0 fully saturated rings. The zero-order valence-electron chi connectivity index (χ0n) is 9.63. The van der Waals surface area contributed by atoms with Gasteiger partial charge in [0.2, 0.25) is 0 Å². The highest BCUT2D eigenvalue weighted by Crippen LogP contribution is 2.18. The van der Waals surface area contributed by atoms with Crippen LogP contribution in [0.5, 0.6) is 5.75 Å². The van der Waals surface area contributed by atoms with Gasteiger partial charge in [0.25, 0.3) is 0 Å². The van der Waals surface area contributed by atoms with Crippen molar-refractivity contribution in [2.24, 2.45) is 0 Å². The molecule has 1 heterocycles. The number of aliphatic hydroxyl groups is 1. The summed E-state index contributed by atoms with van der Waals surface area (Å²) in [6.07, 6.45) is 2.05. The van der Waals surface area contributed by atoms with Crippen LogP contribution in [0.15, 0.2) is 41.8 Å². The SMILES string of the molecule is OCc1ccccc1OCCCc1cccs1. The third kappa shape index (κ3) is 3.58. The Morgan fingerprint density at radius 2 is 2.00 bits per heavy atom. The van der Waals surface area contributed by atoms with Crippen LogP contribution in [0.4, 0.5) is 0 Å². The first kappa shape index (κ1) is 12.1. The Kier molecular flexibility index (Phi) is 4.59. The molecule has 0 saturated carbocycles. The second kappa shape index (κ2) is 6.42. The van der Waals surface area contributed by atoms with Crippen molar-refractivity contribution in [1.29, 1.82) is 0 Å². The molecule has 0 spiro atoms. The lowest BCUT2D eigenvalue weighted by Crippen LogP contribution is -2.01. The van der Waals surface area contributed by atoms with Gasteiger partial charge in [-0.1, -0.05) is 24.3 Å². The fourth-order valence-corrected chi connectivity index (χ4v) is 2.41. The van der Waals surface area contributed by atoms with E-state index in [2.05, 4.69) is 17.5 Å². The van der Waals surface area contributed by atoms with E-state index in [1.54, 1.807) is 11.3 Å². The minimum atomic E-state index is 0.0289. The molecule has 0 atom stereocenters. The molecule has 0 amide bonds. The molecule has 0 radical (unpaired) electrons. The fraction of sp³-hybridized carbons (Fsp3) is 0.286. The summed E-state index contributed by atoms with van der Waals surface area (Å²) in [5, 5.41) is 11.2. The molecular formula is C14H16O2S. The maximum Gasteiger partial charge on any atom is 0.124 e. The Hall–Kier alpha value is -1.32. The van der Waals surface area contributed by atoms with Crippen LogP contribution in [0.1, 0.15) is 16.9 Å². The Morgan fingerprint density at radius 1 is 1.12 bits per heavy atom. The van der Waals surface area contributed by atoms with Gasteiger partial charge in [0.15, 0.2) is 0 Å². The second-order valence-corrected chi connectivity index (χ2v) is 4.83. The van der Waals surface area contributed by atoms with Gasteiger partial charge < -0.3 is 9.84 Å². The molecule has 2 rings (SSSR count). The Morgan fingerprint density at radius 3 is 2.76 bits per heavy atom. The Balaban J connectivity index is 1.78. The first-order valence-electron chi connectivity index (χ1n) is 5.74. The minimum absolute atomic E-state index is 0.0289. The van der Waals surface area contributed by atoms with Crippen LogP contribution in [-0.4, -0.2) is 11.7 Å². The van der Waals surface area contributed by atoms with E-state index < -0.39 is 0 Å². The molecule has 0 saturated heterocycles. The van der Waals surface area contributed by atoms with Crippen molar-refractivity contribution < 1.29 is 9.84 Å². The number of thiophene rings is 1. The highest BCUT2D eigenvalue weighted by atomic mass is 32.1.